The lowest BCUT2D eigenvalue weighted by Crippen LogP contribution is -2.58. The number of benzene rings is 2. The Morgan fingerprint density at radius 2 is 1.41 bits per heavy atom. The lowest BCUT2D eigenvalue weighted by atomic mass is 9.79. The van der Waals surface area contributed by atoms with Crippen LogP contribution in [0.2, 0.25) is 0 Å². The van der Waals surface area contributed by atoms with Crippen molar-refractivity contribution in [1.29, 1.82) is 0 Å². The van der Waals surface area contributed by atoms with E-state index in [0.717, 1.165) is 29.7 Å². The summed E-state index contributed by atoms with van der Waals surface area (Å²) in [6.45, 7) is 8.69. The number of hydrogen-bond acceptors (Lipinski definition) is 3. The molecule has 3 aromatic rings. The molecule has 0 spiro atoms. The Morgan fingerprint density at radius 1 is 0.906 bits per heavy atom. The Hall–Kier alpha value is -3.18. The van der Waals surface area contributed by atoms with Crippen molar-refractivity contribution >= 4 is 5.97 Å². The third-order valence-electron chi connectivity index (χ3n) is 6.12. The van der Waals surface area contributed by atoms with E-state index in [2.05, 4.69) is 37.6 Å². The summed E-state index contributed by atoms with van der Waals surface area (Å²) in [7, 11) is 0. The standard InChI is InChI=1S/C27H30N2O3/c1-26(2)16-20(17-27(3,4)28-26)29-21(18-11-7-5-8-12-18)15-22(30)23(25(31)32)24(29)19-13-9-6-10-14-19/h5-15,20,28H,16-17H2,1-4H3,(H,31,32). The number of aromatic carboxylic acids is 1. The number of nitrogens with one attached hydrogen (secondary N) is 1. The first-order valence-corrected chi connectivity index (χ1v) is 11.0. The maximum atomic E-state index is 13.1. The highest BCUT2D eigenvalue weighted by atomic mass is 16.4. The average Bonchev–Trinajstić information content (AvgIpc) is 2.71. The second-order valence-electron chi connectivity index (χ2n) is 9.98. The van der Waals surface area contributed by atoms with Crippen molar-refractivity contribution in [2.24, 2.45) is 0 Å². The summed E-state index contributed by atoms with van der Waals surface area (Å²) in [5.74, 6) is -1.20. The Labute approximate surface area is 188 Å². The van der Waals surface area contributed by atoms with Gasteiger partial charge in [-0.05, 0) is 51.7 Å². The van der Waals surface area contributed by atoms with Gasteiger partial charge in [0.15, 0.2) is 5.43 Å². The first-order chi connectivity index (χ1) is 15.1. The summed E-state index contributed by atoms with van der Waals surface area (Å²) in [4.78, 5) is 25.5. The van der Waals surface area contributed by atoms with Crippen LogP contribution in [-0.4, -0.2) is 26.7 Å². The maximum Gasteiger partial charge on any atom is 0.341 e. The van der Waals surface area contributed by atoms with Crippen LogP contribution in [0.15, 0.2) is 71.5 Å². The van der Waals surface area contributed by atoms with Crippen molar-refractivity contribution in [3.8, 4) is 22.5 Å². The Morgan fingerprint density at radius 3 is 1.91 bits per heavy atom. The van der Waals surface area contributed by atoms with Crippen molar-refractivity contribution in [2.75, 3.05) is 0 Å². The minimum Gasteiger partial charge on any atom is -0.477 e. The molecule has 0 atom stereocenters. The second kappa shape index (κ2) is 8.06. The molecule has 0 unspecified atom stereocenters. The molecule has 0 aliphatic carbocycles. The van der Waals surface area contributed by atoms with Crippen LogP contribution in [0.1, 0.15) is 56.9 Å². The normalized spacial score (nSPS) is 17.8. The molecule has 166 valence electrons. The minimum atomic E-state index is -1.20. The molecule has 1 aromatic heterocycles. The lowest BCUT2D eigenvalue weighted by molar-refractivity contribution is 0.0695. The molecule has 0 bridgehead atoms. The maximum absolute atomic E-state index is 13.1. The monoisotopic (exact) mass is 430 g/mol. The van der Waals surface area contributed by atoms with E-state index in [1.807, 2.05) is 60.7 Å². The number of carbonyl (C=O) groups is 1. The molecule has 2 aromatic carbocycles. The van der Waals surface area contributed by atoms with Crippen LogP contribution < -0.4 is 10.7 Å². The summed E-state index contributed by atoms with van der Waals surface area (Å²) < 4.78 is 2.11. The number of pyridine rings is 1. The van der Waals surface area contributed by atoms with E-state index in [0.29, 0.717) is 5.69 Å². The minimum absolute atomic E-state index is 0.00497. The van der Waals surface area contributed by atoms with Gasteiger partial charge in [-0.2, -0.15) is 0 Å². The summed E-state index contributed by atoms with van der Waals surface area (Å²) >= 11 is 0. The molecule has 1 fully saturated rings. The third-order valence-corrected chi connectivity index (χ3v) is 6.12. The van der Waals surface area contributed by atoms with E-state index in [1.54, 1.807) is 0 Å². The highest BCUT2D eigenvalue weighted by Crippen LogP contribution is 2.41. The molecule has 0 radical (unpaired) electrons. The molecule has 2 N–H and O–H groups in total. The smallest absolute Gasteiger partial charge is 0.341 e. The van der Waals surface area contributed by atoms with Crippen LogP contribution in [0.5, 0.6) is 0 Å². The van der Waals surface area contributed by atoms with Crippen LogP contribution >= 0.6 is 0 Å². The zero-order chi connectivity index (χ0) is 23.1. The molecule has 5 nitrogen and oxygen atoms in total. The Kier molecular flexibility index (Phi) is 5.55. The second-order valence-corrected chi connectivity index (χ2v) is 9.98. The number of hydrogen-bond donors (Lipinski definition) is 2. The van der Waals surface area contributed by atoms with Gasteiger partial charge in [0.2, 0.25) is 0 Å². The Balaban J connectivity index is 2.11. The average molecular weight is 431 g/mol. The van der Waals surface area contributed by atoms with Crippen LogP contribution in [-0.2, 0) is 0 Å². The first kappa shape index (κ1) is 22.0. The topological polar surface area (TPSA) is 71.3 Å². The number of rotatable bonds is 4. The van der Waals surface area contributed by atoms with E-state index in [1.165, 1.54) is 6.07 Å². The van der Waals surface area contributed by atoms with Gasteiger partial charge in [-0.15, -0.1) is 0 Å². The lowest BCUT2D eigenvalue weighted by Gasteiger charge is -2.48. The third kappa shape index (κ3) is 4.26. The summed E-state index contributed by atoms with van der Waals surface area (Å²) in [6, 6.07) is 20.7. The van der Waals surface area contributed by atoms with Crippen molar-refractivity contribution in [1.82, 2.24) is 9.88 Å². The number of carboxylic acids is 1. The fraction of sp³-hybridized carbons (Fsp3) is 0.333. The Bertz CT molecular complexity index is 1180. The predicted octanol–water partition coefficient (Wildman–Crippen LogP) is 5.36. The fourth-order valence-corrected chi connectivity index (χ4v) is 5.37. The van der Waals surface area contributed by atoms with Crippen LogP contribution in [0.3, 0.4) is 0 Å². The fourth-order valence-electron chi connectivity index (χ4n) is 5.37. The highest BCUT2D eigenvalue weighted by molar-refractivity contribution is 5.95. The van der Waals surface area contributed by atoms with E-state index in [4.69, 9.17) is 0 Å². The van der Waals surface area contributed by atoms with Crippen molar-refractivity contribution in [3.63, 3.8) is 0 Å². The number of nitrogens with zero attached hydrogens (tertiary/aromatic N) is 1. The molecular weight excluding hydrogens is 400 g/mol. The quantitative estimate of drug-likeness (QED) is 0.584. The van der Waals surface area contributed by atoms with Gasteiger partial charge in [-0.3, -0.25) is 4.79 Å². The molecule has 1 aliphatic heterocycles. The zero-order valence-corrected chi connectivity index (χ0v) is 19.1. The number of carboxylic acid groups (broad SMARTS) is 1. The molecule has 5 heteroatoms. The van der Waals surface area contributed by atoms with Gasteiger partial charge < -0.3 is 15.0 Å². The predicted molar refractivity (Wildman–Crippen MR) is 128 cm³/mol. The molecule has 32 heavy (non-hydrogen) atoms. The molecule has 1 saturated heterocycles. The van der Waals surface area contributed by atoms with Gasteiger partial charge >= 0.3 is 5.97 Å². The highest BCUT2D eigenvalue weighted by Gasteiger charge is 2.40. The van der Waals surface area contributed by atoms with Gasteiger partial charge in [0.05, 0.1) is 11.4 Å². The van der Waals surface area contributed by atoms with Gasteiger partial charge in [0, 0.05) is 23.2 Å². The summed E-state index contributed by atoms with van der Waals surface area (Å²) in [5, 5.41) is 13.8. The van der Waals surface area contributed by atoms with Gasteiger partial charge in [0.25, 0.3) is 0 Å². The molecule has 0 saturated carbocycles. The van der Waals surface area contributed by atoms with E-state index in [-0.39, 0.29) is 22.7 Å². The summed E-state index contributed by atoms with van der Waals surface area (Å²) in [5.41, 5.74) is 1.90. The van der Waals surface area contributed by atoms with Crippen LogP contribution in [0.4, 0.5) is 0 Å². The largest absolute Gasteiger partial charge is 0.477 e. The van der Waals surface area contributed by atoms with E-state index < -0.39 is 11.4 Å². The number of piperidine rings is 1. The first-order valence-electron chi connectivity index (χ1n) is 11.0. The summed E-state index contributed by atoms with van der Waals surface area (Å²) in [6.07, 6.45) is 1.61. The SMILES string of the molecule is CC1(C)CC(n2c(-c3ccccc3)cc(=O)c(C(=O)O)c2-c2ccccc2)CC(C)(C)N1. The van der Waals surface area contributed by atoms with Crippen molar-refractivity contribution < 1.29 is 9.90 Å². The molecular formula is C27H30N2O3. The van der Waals surface area contributed by atoms with Gasteiger partial charge in [-0.25, -0.2) is 4.79 Å². The van der Waals surface area contributed by atoms with E-state index >= 15 is 0 Å². The number of aromatic nitrogens is 1. The molecule has 1 aliphatic rings. The van der Waals surface area contributed by atoms with Crippen molar-refractivity contribution in [2.45, 2.75) is 57.7 Å². The van der Waals surface area contributed by atoms with Gasteiger partial charge in [-0.1, -0.05) is 60.7 Å². The molecule has 2 heterocycles. The molecule has 0 amide bonds. The van der Waals surface area contributed by atoms with Crippen molar-refractivity contribution in [3.05, 3.63) is 82.5 Å². The van der Waals surface area contributed by atoms with Gasteiger partial charge in [0.1, 0.15) is 5.56 Å². The van der Waals surface area contributed by atoms with Crippen LogP contribution in [0.25, 0.3) is 22.5 Å². The molecule has 4 rings (SSSR count). The van der Waals surface area contributed by atoms with Crippen LogP contribution in [0, 0.1) is 0 Å². The van der Waals surface area contributed by atoms with E-state index in [9.17, 15) is 14.7 Å². The zero-order valence-electron chi connectivity index (χ0n) is 19.1.